The van der Waals surface area contributed by atoms with Crippen molar-refractivity contribution >= 4 is 17.7 Å². The van der Waals surface area contributed by atoms with Gasteiger partial charge in [-0.15, -0.1) is 0 Å². The molecule has 6 nitrogen and oxygen atoms in total. The molecular weight excluding hydrogens is 320 g/mol. The van der Waals surface area contributed by atoms with Crippen molar-refractivity contribution in [3.8, 4) is 5.75 Å². The molecule has 1 aliphatic heterocycles. The summed E-state index contributed by atoms with van der Waals surface area (Å²) >= 11 is 0. The SMILES string of the molecule is COc1ccccc1CNC(=O)CCN1C(=O)C2CC=CCC2C1=O. The van der Waals surface area contributed by atoms with Crippen molar-refractivity contribution in [2.75, 3.05) is 13.7 Å². The quantitative estimate of drug-likeness (QED) is 0.630. The van der Waals surface area contributed by atoms with Gasteiger partial charge in [-0.2, -0.15) is 0 Å². The number of methoxy groups -OCH3 is 1. The summed E-state index contributed by atoms with van der Waals surface area (Å²) < 4.78 is 5.25. The summed E-state index contributed by atoms with van der Waals surface area (Å²) in [6.45, 7) is 0.488. The number of allylic oxidation sites excluding steroid dienone is 2. The largest absolute Gasteiger partial charge is 0.496 e. The molecule has 2 atom stereocenters. The van der Waals surface area contributed by atoms with E-state index in [0.29, 0.717) is 25.1 Å². The first-order valence-electron chi connectivity index (χ1n) is 8.50. The predicted octanol–water partition coefficient (Wildman–Crippen LogP) is 1.65. The third-order valence-electron chi connectivity index (χ3n) is 4.83. The zero-order chi connectivity index (χ0) is 17.8. The van der Waals surface area contributed by atoms with Gasteiger partial charge in [-0.05, 0) is 18.9 Å². The van der Waals surface area contributed by atoms with Crippen LogP contribution in [0.3, 0.4) is 0 Å². The second-order valence-corrected chi connectivity index (χ2v) is 6.32. The number of benzene rings is 1. The Morgan fingerprint density at radius 2 is 1.80 bits per heavy atom. The molecule has 0 radical (unpaired) electrons. The fourth-order valence-electron chi connectivity index (χ4n) is 3.43. The maximum atomic E-state index is 12.3. The maximum Gasteiger partial charge on any atom is 0.233 e. The number of nitrogens with one attached hydrogen (secondary N) is 1. The number of likely N-dealkylation sites (tertiary alicyclic amines) is 1. The lowest BCUT2D eigenvalue weighted by Gasteiger charge is -2.15. The van der Waals surface area contributed by atoms with E-state index in [1.165, 1.54) is 4.90 Å². The number of para-hydroxylation sites is 1. The highest BCUT2D eigenvalue weighted by molar-refractivity contribution is 6.05. The molecule has 1 fully saturated rings. The van der Waals surface area contributed by atoms with Gasteiger partial charge in [0, 0.05) is 25.1 Å². The van der Waals surface area contributed by atoms with Gasteiger partial charge in [-0.3, -0.25) is 19.3 Å². The highest BCUT2D eigenvalue weighted by Crippen LogP contribution is 2.34. The molecule has 1 aromatic rings. The number of amides is 3. The first-order chi connectivity index (χ1) is 12.1. The number of carbonyl (C=O) groups is 3. The average Bonchev–Trinajstić information content (AvgIpc) is 2.89. The number of imide groups is 1. The highest BCUT2D eigenvalue weighted by atomic mass is 16.5. The van der Waals surface area contributed by atoms with E-state index >= 15 is 0 Å². The van der Waals surface area contributed by atoms with Crippen LogP contribution in [0.25, 0.3) is 0 Å². The third-order valence-corrected chi connectivity index (χ3v) is 4.83. The van der Waals surface area contributed by atoms with Crippen molar-refractivity contribution in [2.24, 2.45) is 11.8 Å². The van der Waals surface area contributed by atoms with Crippen molar-refractivity contribution in [2.45, 2.75) is 25.8 Å². The van der Waals surface area contributed by atoms with Gasteiger partial charge in [0.15, 0.2) is 0 Å². The molecule has 0 bridgehead atoms. The smallest absolute Gasteiger partial charge is 0.233 e. The summed E-state index contributed by atoms with van der Waals surface area (Å²) in [4.78, 5) is 38.0. The number of carbonyl (C=O) groups excluding carboxylic acids is 3. The first kappa shape index (κ1) is 17.2. The van der Waals surface area contributed by atoms with Gasteiger partial charge in [-0.1, -0.05) is 30.4 Å². The molecule has 3 rings (SSSR count). The Kier molecular flexibility index (Phi) is 5.16. The molecule has 0 spiro atoms. The number of ether oxygens (including phenoxy) is 1. The van der Waals surface area contributed by atoms with Gasteiger partial charge in [0.1, 0.15) is 5.75 Å². The summed E-state index contributed by atoms with van der Waals surface area (Å²) in [6, 6.07) is 7.45. The van der Waals surface area contributed by atoms with Crippen LogP contribution in [0, 0.1) is 11.8 Å². The van der Waals surface area contributed by atoms with Crippen LogP contribution in [0.1, 0.15) is 24.8 Å². The molecule has 6 heteroatoms. The minimum absolute atomic E-state index is 0.111. The molecule has 25 heavy (non-hydrogen) atoms. The standard InChI is InChI=1S/C19H22N2O4/c1-25-16-9-5-2-6-13(16)12-20-17(22)10-11-21-18(23)14-7-3-4-8-15(14)19(21)24/h2-6,9,14-15H,7-8,10-12H2,1H3,(H,20,22). The fourth-order valence-corrected chi connectivity index (χ4v) is 3.43. The second-order valence-electron chi connectivity index (χ2n) is 6.32. The van der Waals surface area contributed by atoms with Crippen LogP contribution in [-0.2, 0) is 20.9 Å². The molecule has 1 aromatic carbocycles. The molecule has 0 saturated carbocycles. The van der Waals surface area contributed by atoms with Crippen LogP contribution in [-0.4, -0.2) is 36.3 Å². The lowest BCUT2D eigenvalue weighted by Crippen LogP contribution is -2.35. The van der Waals surface area contributed by atoms with E-state index in [1.807, 2.05) is 36.4 Å². The van der Waals surface area contributed by atoms with E-state index in [-0.39, 0.29) is 42.5 Å². The molecule has 1 saturated heterocycles. The number of fused-ring (bicyclic) bond motifs is 1. The average molecular weight is 342 g/mol. The van der Waals surface area contributed by atoms with Gasteiger partial charge >= 0.3 is 0 Å². The van der Waals surface area contributed by atoms with E-state index in [9.17, 15) is 14.4 Å². The molecule has 2 unspecified atom stereocenters. The van der Waals surface area contributed by atoms with Crippen molar-refractivity contribution in [3.05, 3.63) is 42.0 Å². The molecule has 132 valence electrons. The van der Waals surface area contributed by atoms with Crippen molar-refractivity contribution < 1.29 is 19.1 Å². The number of hydrogen-bond donors (Lipinski definition) is 1. The van der Waals surface area contributed by atoms with E-state index in [1.54, 1.807) is 7.11 Å². The Labute approximate surface area is 146 Å². The molecule has 0 aromatic heterocycles. The van der Waals surface area contributed by atoms with Gasteiger partial charge in [-0.25, -0.2) is 0 Å². The Bertz CT molecular complexity index is 687. The summed E-state index contributed by atoms with van der Waals surface area (Å²) in [5, 5.41) is 2.81. The normalized spacial score (nSPS) is 22.0. The van der Waals surface area contributed by atoms with Gasteiger partial charge in [0.25, 0.3) is 0 Å². The van der Waals surface area contributed by atoms with Gasteiger partial charge in [0.05, 0.1) is 18.9 Å². The maximum absolute atomic E-state index is 12.3. The summed E-state index contributed by atoms with van der Waals surface area (Å²) in [6.07, 6.45) is 5.25. The lowest BCUT2D eigenvalue weighted by atomic mass is 9.85. The molecular formula is C19H22N2O4. The summed E-state index contributed by atoms with van der Waals surface area (Å²) in [5.74, 6) is -0.249. The van der Waals surface area contributed by atoms with Crippen molar-refractivity contribution in [1.82, 2.24) is 10.2 Å². The van der Waals surface area contributed by atoms with Gasteiger partial charge < -0.3 is 10.1 Å². The Morgan fingerprint density at radius 1 is 1.16 bits per heavy atom. The van der Waals surface area contributed by atoms with Crippen LogP contribution >= 0.6 is 0 Å². The number of nitrogens with zero attached hydrogens (tertiary/aromatic N) is 1. The number of hydrogen-bond acceptors (Lipinski definition) is 4. The van der Waals surface area contributed by atoms with Gasteiger partial charge in [0.2, 0.25) is 17.7 Å². The zero-order valence-electron chi connectivity index (χ0n) is 14.2. The van der Waals surface area contributed by atoms with Crippen LogP contribution in [0.4, 0.5) is 0 Å². The van der Waals surface area contributed by atoms with Crippen molar-refractivity contribution in [1.29, 1.82) is 0 Å². The fraction of sp³-hybridized carbons (Fsp3) is 0.421. The molecule has 1 N–H and O–H groups in total. The topological polar surface area (TPSA) is 75.7 Å². The second kappa shape index (κ2) is 7.51. The third kappa shape index (κ3) is 3.57. The first-order valence-corrected chi connectivity index (χ1v) is 8.50. The Hall–Kier alpha value is -2.63. The van der Waals surface area contributed by atoms with Crippen molar-refractivity contribution in [3.63, 3.8) is 0 Å². The predicted molar refractivity (Wildman–Crippen MR) is 91.5 cm³/mol. The summed E-state index contributed by atoms with van der Waals surface area (Å²) in [5.41, 5.74) is 0.878. The molecule has 2 aliphatic rings. The molecule has 1 heterocycles. The molecule has 1 aliphatic carbocycles. The Balaban J connectivity index is 1.51. The number of rotatable bonds is 6. The minimum atomic E-state index is -0.242. The van der Waals surface area contributed by atoms with Crippen LogP contribution in [0.5, 0.6) is 5.75 Å². The van der Waals surface area contributed by atoms with E-state index in [4.69, 9.17) is 4.74 Å². The van der Waals surface area contributed by atoms with Crippen LogP contribution in [0.2, 0.25) is 0 Å². The van der Waals surface area contributed by atoms with Crippen LogP contribution in [0.15, 0.2) is 36.4 Å². The zero-order valence-corrected chi connectivity index (χ0v) is 14.2. The monoisotopic (exact) mass is 342 g/mol. The Morgan fingerprint density at radius 3 is 2.44 bits per heavy atom. The highest BCUT2D eigenvalue weighted by Gasteiger charge is 2.46. The molecule has 3 amide bonds. The van der Waals surface area contributed by atoms with E-state index in [0.717, 1.165) is 5.56 Å². The van der Waals surface area contributed by atoms with E-state index in [2.05, 4.69) is 5.32 Å². The minimum Gasteiger partial charge on any atom is -0.496 e. The lowest BCUT2D eigenvalue weighted by molar-refractivity contribution is -0.140. The van der Waals surface area contributed by atoms with E-state index < -0.39 is 0 Å². The summed E-state index contributed by atoms with van der Waals surface area (Å²) in [7, 11) is 1.58. The van der Waals surface area contributed by atoms with Crippen LogP contribution < -0.4 is 10.1 Å².